The molecule has 3 aliphatic rings. The number of nitrogens with two attached hydrogens (primary N) is 1. The molecule has 3 N–H and O–H groups in total. The zero-order valence-electron chi connectivity index (χ0n) is 33.6. The first-order chi connectivity index (χ1) is 25.8. The van der Waals surface area contributed by atoms with E-state index >= 15 is 0 Å². The van der Waals surface area contributed by atoms with Gasteiger partial charge < -0.3 is 20.5 Å². The lowest BCUT2D eigenvalue weighted by Gasteiger charge is -2.24. The molecule has 296 valence electrons. The topological polar surface area (TPSA) is 116 Å². The Bertz CT molecular complexity index is 1790. The second-order valence-electron chi connectivity index (χ2n) is 13.0. The third kappa shape index (κ3) is 13.5. The number of ether oxygens (including phenoxy) is 2. The van der Waals surface area contributed by atoms with Crippen molar-refractivity contribution in [2.75, 3.05) is 6.54 Å². The number of carbonyl (C=O) groups excluding carboxylic acids is 2. The summed E-state index contributed by atoms with van der Waals surface area (Å²) in [5.74, 6) is 1.03. The summed E-state index contributed by atoms with van der Waals surface area (Å²) in [6.07, 6.45) is 7.39. The van der Waals surface area contributed by atoms with Gasteiger partial charge in [0.2, 0.25) is 6.41 Å². The van der Waals surface area contributed by atoms with Crippen molar-refractivity contribution in [1.82, 2.24) is 10.3 Å². The number of pyridine rings is 1. The number of fused-ring (bicyclic) bond motifs is 1. The molecule has 3 aromatic rings. The molecule has 11 heteroatoms. The summed E-state index contributed by atoms with van der Waals surface area (Å²) < 4.78 is 37.9. The van der Waals surface area contributed by atoms with Crippen LogP contribution in [-0.4, -0.2) is 41.8 Å². The molecule has 1 unspecified atom stereocenters. The highest BCUT2D eigenvalue weighted by Gasteiger charge is 2.35. The second-order valence-corrected chi connectivity index (χ2v) is 13.3. The number of halogens is 3. The Morgan fingerprint density at radius 3 is 2.20 bits per heavy atom. The minimum atomic E-state index is -3.26. The average Bonchev–Trinajstić information content (AvgIpc) is 4.09. The highest BCUT2D eigenvalue weighted by atomic mass is 35.5. The fraction of sp³-hybridized carbons (Fsp3) is 0.488. The molecule has 1 aliphatic heterocycles. The number of carbonyl (C=O) groups is 2. The minimum absolute atomic E-state index is 0.0557. The molecule has 8 nitrogen and oxygen atoms in total. The fourth-order valence-electron chi connectivity index (χ4n) is 5.64. The molecule has 2 aliphatic carbocycles. The summed E-state index contributed by atoms with van der Waals surface area (Å²) in [6, 6.07) is 10.7. The van der Waals surface area contributed by atoms with Crippen LogP contribution in [0.25, 0.3) is 10.9 Å². The first-order valence-corrected chi connectivity index (χ1v) is 19.5. The summed E-state index contributed by atoms with van der Waals surface area (Å²) in [4.78, 5) is 31.8. The number of nitrogens with one attached hydrogen (secondary N) is 1. The van der Waals surface area contributed by atoms with Crippen molar-refractivity contribution < 1.29 is 27.8 Å². The summed E-state index contributed by atoms with van der Waals surface area (Å²) >= 11 is 6.32. The standard InChI is InChI=1S/C35H36ClF2N3O3.C3H8.2C2H6.CH3NO/c1-5-21-8-12-28(40-31(21)23-9-13-29(19(2)14-23)44-35(4,37)38)27(22-6-7-22)18-39-34(42)25-16-24-15-20(3)33(36)41-32(24)30(17-25)43-26-10-11-26;1-3-2;2*1-2;2-1-3/h5,9,12-17,22,26-27H,6-8,10-11,18H2,1-4H3,(H,39,42);3H2,1-2H3;2*1-2H3;1H,(H2,2,3)/b21-5+;;;;. The maximum absolute atomic E-state index is 13.5. The van der Waals surface area contributed by atoms with E-state index in [1.165, 1.54) is 6.42 Å². The Morgan fingerprint density at radius 2 is 1.67 bits per heavy atom. The molecule has 0 spiro atoms. The number of hydrogen-bond acceptors (Lipinski definition) is 6. The highest BCUT2D eigenvalue weighted by Crippen LogP contribution is 2.42. The van der Waals surface area contributed by atoms with Crippen molar-refractivity contribution in [2.45, 2.75) is 120 Å². The minimum Gasteiger partial charge on any atom is -0.488 e. The third-order valence-corrected chi connectivity index (χ3v) is 8.69. The number of aromatic nitrogens is 1. The molecule has 1 atom stereocenters. The Hall–Kier alpha value is -4.31. The summed E-state index contributed by atoms with van der Waals surface area (Å²) in [5, 5.41) is 4.40. The molecule has 2 aromatic carbocycles. The number of rotatable bonds is 10. The Balaban J connectivity index is 0.000000920. The number of alkyl halides is 2. The molecule has 6 rings (SSSR count). The Kier molecular flexibility index (Phi) is 18.8. The number of amides is 2. The SMILES string of the molecule is C/C=C1\CC=C(C(CNC(=O)c2cc(OC3CC3)c3nc(Cl)c(C)cc3c2)C2CC2)N=C1c1ccc(OC(C)(F)F)c(C)c1.CC.CC.CCC.NC=O. The van der Waals surface area contributed by atoms with Crippen LogP contribution in [0.5, 0.6) is 11.5 Å². The van der Waals surface area contributed by atoms with Crippen molar-refractivity contribution in [3.8, 4) is 11.5 Å². The van der Waals surface area contributed by atoms with Crippen molar-refractivity contribution in [3.63, 3.8) is 0 Å². The van der Waals surface area contributed by atoms with Crippen LogP contribution in [0, 0.1) is 25.7 Å². The zero-order valence-corrected chi connectivity index (χ0v) is 34.4. The van der Waals surface area contributed by atoms with E-state index in [2.05, 4.69) is 36.0 Å². The van der Waals surface area contributed by atoms with E-state index in [0.29, 0.717) is 46.4 Å². The quantitative estimate of drug-likeness (QED) is 0.157. The number of nitrogens with zero attached hydrogens (tertiary/aromatic N) is 2. The van der Waals surface area contributed by atoms with E-state index in [0.717, 1.165) is 66.1 Å². The van der Waals surface area contributed by atoms with Crippen LogP contribution in [0.2, 0.25) is 5.15 Å². The van der Waals surface area contributed by atoms with Crippen LogP contribution in [0.15, 0.2) is 64.8 Å². The van der Waals surface area contributed by atoms with Crippen LogP contribution in [0.3, 0.4) is 0 Å². The monoisotopic (exact) mass is 768 g/mol. The van der Waals surface area contributed by atoms with Crippen molar-refractivity contribution in [3.05, 3.63) is 87.2 Å². The van der Waals surface area contributed by atoms with E-state index in [-0.39, 0.29) is 30.1 Å². The molecule has 54 heavy (non-hydrogen) atoms. The molecule has 2 heterocycles. The van der Waals surface area contributed by atoms with Gasteiger partial charge in [-0.1, -0.05) is 71.7 Å². The van der Waals surface area contributed by atoms with Gasteiger partial charge in [0.05, 0.1) is 11.8 Å². The van der Waals surface area contributed by atoms with Crippen molar-refractivity contribution >= 4 is 40.5 Å². The van der Waals surface area contributed by atoms with Gasteiger partial charge in [-0.15, -0.1) is 0 Å². The lowest BCUT2D eigenvalue weighted by molar-refractivity contribution is -0.159. The largest absolute Gasteiger partial charge is 0.488 e. The van der Waals surface area contributed by atoms with E-state index in [1.807, 2.05) is 65.8 Å². The summed E-state index contributed by atoms with van der Waals surface area (Å²) in [5.41, 5.74) is 10.4. The van der Waals surface area contributed by atoms with Crippen LogP contribution in [0.4, 0.5) is 8.78 Å². The lowest BCUT2D eigenvalue weighted by atomic mass is 9.91. The van der Waals surface area contributed by atoms with Gasteiger partial charge in [-0.2, -0.15) is 8.78 Å². The van der Waals surface area contributed by atoms with Crippen molar-refractivity contribution in [2.24, 2.45) is 22.6 Å². The maximum Gasteiger partial charge on any atom is 0.394 e. The molecule has 2 fully saturated rings. The number of primary amides is 1. The van der Waals surface area contributed by atoms with E-state index < -0.39 is 6.11 Å². The van der Waals surface area contributed by atoms with Gasteiger partial charge in [0.1, 0.15) is 22.2 Å². The maximum atomic E-state index is 13.5. The molecular formula is C43H59ClF2N4O4. The zero-order chi connectivity index (χ0) is 40.6. The number of benzene rings is 2. The van der Waals surface area contributed by atoms with Gasteiger partial charge in [-0.25, -0.2) is 4.98 Å². The Morgan fingerprint density at radius 1 is 1.04 bits per heavy atom. The Labute approximate surface area is 325 Å². The van der Waals surface area contributed by atoms with Crippen LogP contribution >= 0.6 is 11.6 Å². The van der Waals surface area contributed by atoms with Gasteiger partial charge in [0.25, 0.3) is 5.91 Å². The van der Waals surface area contributed by atoms with Gasteiger partial charge >= 0.3 is 6.11 Å². The predicted octanol–water partition coefficient (Wildman–Crippen LogP) is 11.1. The van der Waals surface area contributed by atoms with E-state index in [1.54, 1.807) is 25.1 Å². The molecular weight excluding hydrogens is 710 g/mol. The summed E-state index contributed by atoms with van der Waals surface area (Å²) in [6.45, 7) is 19.0. The smallest absolute Gasteiger partial charge is 0.394 e. The lowest BCUT2D eigenvalue weighted by Crippen LogP contribution is -2.31. The number of aryl methyl sites for hydroxylation is 2. The molecule has 0 radical (unpaired) electrons. The fourth-order valence-corrected chi connectivity index (χ4v) is 5.78. The average molecular weight is 769 g/mol. The van der Waals surface area contributed by atoms with E-state index in [9.17, 15) is 13.6 Å². The molecule has 2 amide bonds. The number of hydrogen-bond donors (Lipinski definition) is 2. The highest BCUT2D eigenvalue weighted by molar-refractivity contribution is 6.30. The molecule has 0 bridgehead atoms. The normalized spacial score (nSPS) is 15.9. The predicted molar refractivity (Wildman–Crippen MR) is 218 cm³/mol. The molecule has 2 saturated carbocycles. The third-order valence-electron chi connectivity index (χ3n) is 8.31. The van der Waals surface area contributed by atoms with Crippen LogP contribution in [-0.2, 0) is 4.79 Å². The molecule has 0 saturated heterocycles. The summed E-state index contributed by atoms with van der Waals surface area (Å²) in [7, 11) is 0. The second kappa shape index (κ2) is 22.2. The van der Waals surface area contributed by atoms with Gasteiger partial charge in [-0.05, 0) is 112 Å². The van der Waals surface area contributed by atoms with Crippen LogP contribution in [0.1, 0.15) is 121 Å². The molecule has 1 aromatic heterocycles. The van der Waals surface area contributed by atoms with Crippen molar-refractivity contribution in [1.29, 1.82) is 0 Å². The number of aliphatic imine (C=N–C) groups is 1. The first kappa shape index (κ1) is 45.8. The van der Waals surface area contributed by atoms with Gasteiger partial charge in [0.15, 0.2) is 0 Å². The first-order valence-electron chi connectivity index (χ1n) is 19.2. The van der Waals surface area contributed by atoms with E-state index in [4.69, 9.17) is 30.9 Å². The number of allylic oxidation sites excluding steroid dienone is 3. The van der Waals surface area contributed by atoms with Gasteiger partial charge in [-0.3, -0.25) is 14.6 Å². The van der Waals surface area contributed by atoms with Gasteiger partial charge in [0, 0.05) is 41.6 Å². The van der Waals surface area contributed by atoms with Crippen LogP contribution < -0.4 is 20.5 Å².